The maximum Gasteiger partial charge on any atom is 0.315 e. The van der Waals surface area contributed by atoms with Gasteiger partial charge < -0.3 is 14.3 Å². The first-order valence-electron chi connectivity index (χ1n) is 5.43. The summed E-state index contributed by atoms with van der Waals surface area (Å²) >= 11 is 0. The number of hydrogen-bond donors (Lipinski definition) is 1. The Labute approximate surface area is 97.2 Å². The van der Waals surface area contributed by atoms with Crippen LogP contribution in [0.2, 0.25) is 0 Å². The number of aliphatic hydroxyl groups is 1. The highest BCUT2D eigenvalue weighted by molar-refractivity contribution is 6.48. The Kier molecular flexibility index (Phi) is 3.50. The monoisotopic (exact) mass is 225 g/mol. The fourth-order valence-corrected chi connectivity index (χ4v) is 1.14. The molecule has 0 aromatic carbocycles. The van der Waals surface area contributed by atoms with Gasteiger partial charge in [-0.3, -0.25) is 0 Å². The van der Waals surface area contributed by atoms with Gasteiger partial charge in [0.2, 0.25) is 0 Å². The molecule has 0 fully saturated rings. The van der Waals surface area contributed by atoms with Crippen molar-refractivity contribution < 1.29 is 14.3 Å². The van der Waals surface area contributed by atoms with Crippen molar-refractivity contribution in [2.45, 2.75) is 52.7 Å². The smallest absolute Gasteiger partial charge is 0.315 e. The molecule has 1 N–H and O–H groups in total. The first-order valence-corrected chi connectivity index (χ1v) is 5.43. The van der Waals surface area contributed by atoms with E-state index in [-0.39, 0.29) is 0 Å². The molecule has 4 nitrogen and oxygen atoms in total. The summed E-state index contributed by atoms with van der Waals surface area (Å²) in [5, 5.41) is 13.8. The molecule has 90 valence electrons. The molecule has 1 aromatic rings. The van der Waals surface area contributed by atoms with Crippen LogP contribution < -0.4 is 5.46 Å². The Morgan fingerprint density at radius 3 is 2.19 bits per heavy atom. The van der Waals surface area contributed by atoms with Gasteiger partial charge in [0.15, 0.2) is 0 Å². The van der Waals surface area contributed by atoms with Crippen molar-refractivity contribution >= 4 is 12.9 Å². The average Bonchev–Trinajstić information content (AvgIpc) is 2.42. The fraction of sp³-hybridized carbons (Fsp3) is 0.727. The van der Waals surface area contributed by atoms with Crippen molar-refractivity contribution in [3.63, 3.8) is 0 Å². The van der Waals surface area contributed by atoms with E-state index >= 15 is 0 Å². The zero-order valence-corrected chi connectivity index (χ0v) is 10.9. The molecule has 1 aromatic heterocycles. The van der Waals surface area contributed by atoms with E-state index in [4.69, 9.17) is 9.18 Å². The molecule has 0 spiro atoms. The summed E-state index contributed by atoms with van der Waals surface area (Å²) in [7, 11) is 0.401. The molecule has 1 heterocycles. The van der Waals surface area contributed by atoms with Crippen molar-refractivity contribution in [3.05, 3.63) is 11.5 Å². The first-order chi connectivity index (χ1) is 7.15. The third-order valence-corrected chi connectivity index (χ3v) is 3.23. The van der Waals surface area contributed by atoms with Crippen molar-refractivity contribution in [1.82, 2.24) is 5.16 Å². The minimum atomic E-state index is -0.897. The van der Waals surface area contributed by atoms with Gasteiger partial charge in [0, 0.05) is 5.46 Å². The predicted molar refractivity (Wildman–Crippen MR) is 64.2 cm³/mol. The lowest BCUT2D eigenvalue weighted by Gasteiger charge is -2.37. The van der Waals surface area contributed by atoms with E-state index in [0.29, 0.717) is 7.48 Å². The lowest BCUT2D eigenvalue weighted by molar-refractivity contribution is -0.0893. The second kappa shape index (κ2) is 4.22. The minimum Gasteiger partial charge on any atom is -0.427 e. The summed E-state index contributed by atoms with van der Waals surface area (Å²) in [6, 6.07) is 0. The molecule has 0 aliphatic carbocycles. The fourth-order valence-electron chi connectivity index (χ4n) is 1.14. The van der Waals surface area contributed by atoms with Crippen LogP contribution in [0.15, 0.2) is 4.52 Å². The number of aryl methyl sites for hydroxylation is 2. The van der Waals surface area contributed by atoms with Gasteiger partial charge in [0.25, 0.3) is 0 Å². The van der Waals surface area contributed by atoms with E-state index in [9.17, 15) is 5.11 Å². The van der Waals surface area contributed by atoms with Gasteiger partial charge in [-0.05, 0) is 41.5 Å². The summed E-state index contributed by atoms with van der Waals surface area (Å²) < 4.78 is 10.8. The van der Waals surface area contributed by atoms with Crippen LogP contribution in [0.25, 0.3) is 0 Å². The summed E-state index contributed by atoms with van der Waals surface area (Å²) in [6.45, 7) is 10.9. The van der Waals surface area contributed by atoms with Gasteiger partial charge in [-0.1, -0.05) is 5.16 Å². The van der Waals surface area contributed by atoms with Gasteiger partial charge >= 0.3 is 7.48 Å². The van der Waals surface area contributed by atoms with Crippen LogP contribution in [-0.2, 0) is 4.65 Å². The molecular weight excluding hydrogens is 205 g/mol. The van der Waals surface area contributed by atoms with Crippen LogP contribution in [0, 0.1) is 13.8 Å². The Bertz CT molecular complexity index is 346. The van der Waals surface area contributed by atoms with Crippen molar-refractivity contribution in [3.8, 4) is 0 Å². The summed E-state index contributed by atoms with van der Waals surface area (Å²) in [6.07, 6.45) is 0. The molecule has 0 amide bonds. The van der Waals surface area contributed by atoms with E-state index in [2.05, 4.69) is 5.16 Å². The quantitative estimate of drug-likeness (QED) is 0.771. The van der Waals surface area contributed by atoms with E-state index in [0.717, 1.165) is 16.9 Å². The largest absolute Gasteiger partial charge is 0.427 e. The van der Waals surface area contributed by atoms with Gasteiger partial charge in [0.05, 0.1) is 16.9 Å². The molecule has 0 aliphatic rings. The molecule has 5 heteroatoms. The first kappa shape index (κ1) is 13.3. The SMILES string of the molecule is Cc1noc(C)c1BOC(C)(C)C(C)(C)O. The normalized spacial score (nSPS) is 12.9. The van der Waals surface area contributed by atoms with E-state index in [1.54, 1.807) is 13.8 Å². The molecule has 0 saturated heterocycles. The molecule has 0 atom stereocenters. The molecule has 0 saturated carbocycles. The van der Waals surface area contributed by atoms with Crippen LogP contribution in [0.1, 0.15) is 39.1 Å². The number of nitrogens with zero attached hydrogens (tertiary/aromatic N) is 1. The van der Waals surface area contributed by atoms with Crippen molar-refractivity contribution in [1.29, 1.82) is 0 Å². The Balaban J connectivity index is 2.72. The maximum absolute atomic E-state index is 9.95. The molecule has 0 unspecified atom stereocenters. The number of aromatic nitrogens is 1. The summed E-state index contributed by atoms with van der Waals surface area (Å²) in [5.41, 5.74) is 0.274. The second-order valence-electron chi connectivity index (χ2n) is 5.16. The highest BCUT2D eigenvalue weighted by atomic mass is 16.5. The topological polar surface area (TPSA) is 55.5 Å². The van der Waals surface area contributed by atoms with Gasteiger partial charge in [-0.25, -0.2) is 0 Å². The molecule has 16 heavy (non-hydrogen) atoms. The van der Waals surface area contributed by atoms with E-state index in [1.165, 1.54) is 0 Å². The summed E-state index contributed by atoms with van der Waals surface area (Å²) in [5.74, 6) is 0.768. The zero-order valence-electron chi connectivity index (χ0n) is 10.9. The van der Waals surface area contributed by atoms with Crippen LogP contribution in [0.5, 0.6) is 0 Å². The van der Waals surface area contributed by atoms with Gasteiger partial charge in [-0.15, -0.1) is 0 Å². The van der Waals surface area contributed by atoms with Crippen LogP contribution >= 0.6 is 0 Å². The highest BCUT2D eigenvalue weighted by Crippen LogP contribution is 2.24. The molecule has 0 radical (unpaired) electrons. The standard InChI is InChI=1S/C11H20BNO3/c1-7-9(8(2)15-13-7)12-16-11(5,6)10(3,4)14/h12,14H,1-6H3. The number of rotatable bonds is 4. The Morgan fingerprint density at radius 1 is 1.25 bits per heavy atom. The van der Waals surface area contributed by atoms with E-state index < -0.39 is 11.2 Å². The van der Waals surface area contributed by atoms with Gasteiger partial charge in [-0.2, -0.15) is 0 Å². The van der Waals surface area contributed by atoms with Gasteiger partial charge in [0.1, 0.15) is 5.76 Å². The van der Waals surface area contributed by atoms with Crippen LogP contribution in [-0.4, -0.2) is 28.9 Å². The highest BCUT2D eigenvalue weighted by Gasteiger charge is 2.36. The number of hydrogen-bond acceptors (Lipinski definition) is 4. The van der Waals surface area contributed by atoms with Crippen molar-refractivity contribution in [2.24, 2.45) is 0 Å². The lowest BCUT2D eigenvalue weighted by atomic mass is 9.81. The summed E-state index contributed by atoms with van der Waals surface area (Å²) in [4.78, 5) is 0. The molecule has 0 aliphatic heterocycles. The second-order valence-corrected chi connectivity index (χ2v) is 5.16. The molecule has 0 bridgehead atoms. The lowest BCUT2D eigenvalue weighted by Crippen LogP contribution is -2.49. The average molecular weight is 225 g/mol. The molecular formula is C11H20BNO3. The van der Waals surface area contributed by atoms with E-state index in [1.807, 2.05) is 27.7 Å². The van der Waals surface area contributed by atoms with Crippen LogP contribution in [0.3, 0.4) is 0 Å². The Morgan fingerprint density at radius 2 is 1.81 bits per heavy atom. The third-order valence-electron chi connectivity index (χ3n) is 3.23. The van der Waals surface area contributed by atoms with Crippen molar-refractivity contribution in [2.75, 3.05) is 0 Å². The molecule has 1 rings (SSSR count). The minimum absolute atomic E-state index is 0.401. The van der Waals surface area contributed by atoms with Crippen LogP contribution in [0.4, 0.5) is 0 Å². The predicted octanol–water partition coefficient (Wildman–Crippen LogP) is 0.834. The maximum atomic E-state index is 9.95. The Hall–Kier alpha value is -0.805. The third kappa shape index (κ3) is 2.65. The zero-order chi connectivity index (χ0) is 12.6.